The van der Waals surface area contributed by atoms with Gasteiger partial charge in [-0.3, -0.25) is 0 Å². The molecule has 0 aliphatic carbocycles. The summed E-state index contributed by atoms with van der Waals surface area (Å²) < 4.78 is 7.04. The molecule has 0 saturated carbocycles. The van der Waals surface area contributed by atoms with Gasteiger partial charge in [0.15, 0.2) is 0 Å². The first-order chi connectivity index (χ1) is 10.3. The first-order valence-electron chi connectivity index (χ1n) is 7.38. The van der Waals surface area contributed by atoms with Crippen LogP contribution in [0.1, 0.15) is 47.1 Å². The van der Waals surface area contributed by atoms with Gasteiger partial charge < -0.3 is 0 Å². The summed E-state index contributed by atoms with van der Waals surface area (Å²) in [4.78, 5) is 23.0. The molecule has 0 atom stereocenters. The average Bonchev–Trinajstić information content (AvgIpc) is 2.42. The Morgan fingerprint density at radius 1 is 1.04 bits per heavy atom. The molecular formula is C18H21ClO3Se. The van der Waals surface area contributed by atoms with Gasteiger partial charge >= 0.3 is 149 Å². The molecule has 0 unspecified atom stereocenters. The Hall–Kier alpha value is -1.09. The van der Waals surface area contributed by atoms with Crippen molar-refractivity contribution in [1.82, 2.24) is 0 Å². The zero-order valence-electron chi connectivity index (χ0n) is 14.2. The Kier molecular flexibility index (Phi) is 4.58. The quantitative estimate of drug-likeness (QED) is 0.537. The van der Waals surface area contributed by atoms with E-state index in [1.54, 1.807) is 6.08 Å². The molecule has 0 radical (unpaired) electrons. The van der Waals surface area contributed by atoms with Crippen LogP contribution >= 0.6 is 11.6 Å². The molecular weight excluding hydrogens is 379 g/mol. The first kappa shape index (κ1) is 18.3. The second kappa shape index (κ2) is 5.77. The van der Waals surface area contributed by atoms with Crippen LogP contribution in [0.3, 0.4) is 0 Å². The van der Waals surface area contributed by atoms with Crippen molar-refractivity contribution in [1.29, 1.82) is 0 Å². The number of hydrogen-bond acceptors (Lipinski definition) is 3. The number of halogens is 1. The summed E-state index contributed by atoms with van der Waals surface area (Å²) in [6.45, 7) is 12.4. The third-order valence-corrected chi connectivity index (χ3v) is 4.94. The average molecular weight is 400 g/mol. The van der Waals surface area contributed by atoms with Gasteiger partial charge in [-0.05, 0) is 0 Å². The Morgan fingerprint density at radius 2 is 1.61 bits per heavy atom. The predicted molar refractivity (Wildman–Crippen MR) is 96.6 cm³/mol. The minimum atomic E-state index is -0.613. The second-order valence-corrected chi connectivity index (χ2v) is 9.09. The third-order valence-electron chi connectivity index (χ3n) is 3.59. The second-order valence-electron chi connectivity index (χ2n) is 7.77. The SMILES string of the molecule is CC(C)(C)C1=CC(=Cc2c(Cl)c(=O)c2=O)C([SeH])=C(C(C)(C)C)O1. The van der Waals surface area contributed by atoms with Crippen LogP contribution < -0.4 is 10.9 Å². The van der Waals surface area contributed by atoms with Crippen molar-refractivity contribution in [2.24, 2.45) is 10.8 Å². The fourth-order valence-corrected chi connectivity index (χ4v) is 3.48. The van der Waals surface area contributed by atoms with Crippen LogP contribution in [0, 0.1) is 10.8 Å². The van der Waals surface area contributed by atoms with Gasteiger partial charge in [0.05, 0.1) is 0 Å². The van der Waals surface area contributed by atoms with Gasteiger partial charge in [-0.1, -0.05) is 0 Å². The summed E-state index contributed by atoms with van der Waals surface area (Å²) in [5.74, 6) is 1.66. The van der Waals surface area contributed by atoms with E-state index in [0.29, 0.717) is 0 Å². The molecule has 23 heavy (non-hydrogen) atoms. The van der Waals surface area contributed by atoms with Crippen molar-refractivity contribution < 1.29 is 4.74 Å². The van der Waals surface area contributed by atoms with E-state index >= 15 is 0 Å². The van der Waals surface area contributed by atoms with E-state index < -0.39 is 10.9 Å². The van der Waals surface area contributed by atoms with Gasteiger partial charge in [0.2, 0.25) is 0 Å². The molecule has 124 valence electrons. The number of allylic oxidation sites excluding steroid dienone is 5. The number of ether oxygens (including phenoxy) is 1. The summed E-state index contributed by atoms with van der Waals surface area (Å²) in [5, 5.41) is 0.0114. The molecule has 0 fully saturated rings. The molecule has 0 saturated heterocycles. The van der Waals surface area contributed by atoms with Crippen LogP contribution in [0.5, 0.6) is 0 Å². The van der Waals surface area contributed by atoms with Gasteiger partial charge in [-0.15, -0.1) is 0 Å². The molecule has 0 aromatic heterocycles. The van der Waals surface area contributed by atoms with Gasteiger partial charge in [0.1, 0.15) is 0 Å². The van der Waals surface area contributed by atoms with Crippen LogP contribution in [0.25, 0.3) is 6.08 Å². The molecule has 0 bridgehead atoms. The minimum absolute atomic E-state index is 0.0114. The van der Waals surface area contributed by atoms with Crippen molar-refractivity contribution in [3.8, 4) is 0 Å². The molecule has 1 aromatic carbocycles. The standard InChI is InChI=1S/C18H21ClO3Se/c1-17(2,3)11-8-9(7-10-12(19)14(21)13(10)20)15(23)16(22-11)18(4,5)6/h7-8,23H,1-6H3. The van der Waals surface area contributed by atoms with Crippen molar-refractivity contribution >= 4 is 33.7 Å². The van der Waals surface area contributed by atoms with Crippen molar-refractivity contribution in [2.45, 2.75) is 41.5 Å². The maximum atomic E-state index is 11.7. The van der Waals surface area contributed by atoms with Crippen LogP contribution in [0.4, 0.5) is 0 Å². The fraction of sp³-hybridized carbons (Fsp3) is 0.444. The van der Waals surface area contributed by atoms with E-state index in [0.717, 1.165) is 21.6 Å². The summed E-state index contributed by atoms with van der Waals surface area (Å²) >= 11 is 8.37. The molecule has 2 rings (SSSR count). The third kappa shape index (κ3) is 3.40. The van der Waals surface area contributed by atoms with E-state index in [1.807, 2.05) is 6.08 Å². The van der Waals surface area contributed by atoms with Crippen molar-refractivity contribution in [3.05, 3.63) is 58.7 Å². The first-order valence-corrected chi connectivity index (χ1v) is 8.70. The molecule has 1 aliphatic heterocycles. The summed E-state index contributed by atoms with van der Waals surface area (Å²) in [7, 11) is 0. The van der Waals surface area contributed by atoms with Crippen LogP contribution in [-0.4, -0.2) is 16.0 Å². The van der Waals surface area contributed by atoms with E-state index in [9.17, 15) is 9.59 Å². The molecule has 0 amide bonds. The Morgan fingerprint density at radius 3 is 2.04 bits per heavy atom. The monoisotopic (exact) mass is 400 g/mol. The maximum absolute atomic E-state index is 11.7. The normalized spacial score (nSPS) is 18.4. The Bertz CT molecular complexity index is 820. The molecule has 5 heteroatoms. The van der Waals surface area contributed by atoms with Gasteiger partial charge in [-0.2, -0.15) is 0 Å². The Labute approximate surface area is 149 Å². The van der Waals surface area contributed by atoms with Gasteiger partial charge in [-0.25, -0.2) is 0 Å². The van der Waals surface area contributed by atoms with Gasteiger partial charge in [0, 0.05) is 0 Å². The number of rotatable bonds is 1. The molecule has 0 N–H and O–H groups in total. The molecule has 1 aliphatic rings. The molecule has 1 heterocycles. The van der Waals surface area contributed by atoms with Crippen molar-refractivity contribution in [2.75, 3.05) is 0 Å². The zero-order chi connectivity index (χ0) is 17.7. The van der Waals surface area contributed by atoms with E-state index in [-0.39, 0.29) is 21.4 Å². The molecule has 1 aromatic rings. The number of hydrogen-bond donors (Lipinski definition) is 0. The fourth-order valence-electron chi connectivity index (χ4n) is 2.18. The van der Waals surface area contributed by atoms with Crippen LogP contribution in [-0.2, 0) is 4.74 Å². The summed E-state index contributed by atoms with van der Waals surface area (Å²) in [6, 6.07) is 0. The summed E-state index contributed by atoms with van der Waals surface area (Å²) in [5.41, 5.74) is -0.407. The van der Waals surface area contributed by atoms with E-state index in [1.165, 1.54) is 0 Å². The van der Waals surface area contributed by atoms with E-state index in [2.05, 4.69) is 57.6 Å². The van der Waals surface area contributed by atoms with E-state index in [4.69, 9.17) is 16.3 Å². The molecule has 0 spiro atoms. The van der Waals surface area contributed by atoms with Crippen LogP contribution in [0.2, 0.25) is 5.02 Å². The zero-order valence-corrected chi connectivity index (χ0v) is 16.8. The Balaban J connectivity index is 2.65. The topological polar surface area (TPSA) is 43.4 Å². The van der Waals surface area contributed by atoms with Crippen LogP contribution in [0.15, 0.2) is 37.2 Å². The summed E-state index contributed by atoms with van der Waals surface area (Å²) in [6.07, 6.45) is 3.59. The van der Waals surface area contributed by atoms with Gasteiger partial charge in [0.25, 0.3) is 0 Å². The molecule has 3 nitrogen and oxygen atoms in total. The van der Waals surface area contributed by atoms with Crippen molar-refractivity contribution in [3.63, 3.8) is 0 Å². The predicted octanol–water partition coefficient (Wildman–Crippen LogP) is 3.44.